The molecule has 2 aliphatic rings. The number of carbonyl (C=O) groups excluding carboxylic acids is 2. The number of alkyl halides is 2. The minimum Gasteiger partial charge on any atom is -0.367 e. The first kappa shape index (κ1) is 17.2. The van der Waals surface area contributed by atoms with Crippen LogP contribution in [0.4, 0.5) is 5.69 Å². The zero-order valence-corrected chi connectivity index (χ0v) is 16.5. The first-order chi connectivity index (χ1) is 10.9. The van der Waals surface area contributed by atoms with Crippen LogP contribution in [0.1, 0.15) is 18.4 Å². The first-order valence-corrected chi connectivity index (χ1v) is 9.73. The fraction of sp³-hybridized carbons (Fsp3) is 0.500. The van der Waals surface area contributed by atoms with Crippen molar-refractivity contribution in [1.29, 1.82) is 0 Å². The summed E-state index contributed by atoms with van der Waals surface area (Å²) in [4.78, 5) is 26.9. The van der Waals surface area contributed by atoms with Gasteiger partial charge in [-0.1, -0.05) is 49.5 Å². The average Bonchev–Trinajstić information content (AvgIpc) is 2.73. The van der Waals surface area contributed by atoms with E-state index in [0.717, 1.165) is 11.3 Å². The van der Waals surface area contributed by atoms with Crippen molar-refractivity contribution >= 4 is 61.0 Å². The van der Waals surface area contributed by atoms with E-state index < -0.39 is 0 Å². The summed E-state index contributed by atoms with van der Waals surface area (Å²) in [6.07, 6.45) is 1.38. The van der Waals surface area contributed by atoms with E-state index >= 15 is 0 Å². The zero-order valence-electron chi connectivity index (χ0n) is 12.6. The summed E-state index contributed by atoms with van der Waals surface area (Å²) >= 11 is 13.3. The van der Waals surface area contributed by atoms with Gasteiger partial charge in [0.05, 0.1) is 18.5 Å². The topological polar surface area (TPSA) is 49.4 Å². The second-order valence-electron chi connectivity index (χ2n) is 6.12. The molecule has 4 nitrogen and oxygen atoms in total. The molecule has 1 aromatic carbocycles. The molecule has 1 heterocycles. The van der Waals surface area contributed by atoms with Crippen LogP contribution >= 0.6 is 43.5 Å². The molecule has 4 atom stereocenters. The lowest BCUT2D eigenvalue weighted by Crippen LogP contribution is -2.35. The number of likely N-dealkylation sites (tertiary alicyclic amines) is 1. The van der Waals surface area contributed by atoms with E-state index in [1.165, 1.54) is 4.90 Å². The minimum absolute atomic E-state index is 0.0745. The number of rotatable bonds is 3. The van der Waals surface area contributed by atoms with Crippen molar-refractivity contribution < 1.29 is 9.59 Å². The molecule has 0 aromatic heterocycles. The van der Waals surface area contributed by atoms with Crippen molar-refractivity contribution in [3.05, 3.63) is 28.8 Å². The maximum absolute atomic E-state index is 12.5. The highest BCUT2D eigenvalue weighted by Crippen LogP contribution is 2.43. The van der Waals surface area contributed by atoms with Crippen LogP contribution in [0.5, 0.6) is 0 Å². The molecule has 1 N–H and O–H groups in total. The molecule has 2 fully saturated rings. The number of anilines is 1. The minimum atomic E-state index is -0.205. The van der Waals surface area contributed by atoms with Crippen LogP contribution in [0.3, 0.4) is 0 Å². The van der Waals surface area contributed by atoms with Gasteiger partial charge in [0.25, 0.3) is 0 Å². The fourth-order valence-corrected chi connectivity index (χ4v) is 4.61. The molecular weight excluding hydrogens is 447 g/mol. The van der Waals surface area contributed by atoms with Crippen LogP contribution in [0.25, 0.3) is 0 Å². The Morgan fingerprint density at radius 3 is 2.26 bits per heavy atom. The number of benzene rings is 1. The lowest BCUT2D eigenvalue weighted by atomic mass is 9.81. The van der Waals surface area contributed by atoms with Gasteiger partial charge in [0.15, 0.2) is 0 Å². The summed E-state index contributed by atoms with van der Waals surface area (Å²) in [5.41, 5.74) is 1.79. The Balaban J connectivity index is 1.70. The molecule has 0 spiro atoms. The lowest BCUT2D eigenvalue weighted by molar-refractivity contribution is -0.139. The second kappa shape index (κ2) is 6.73. The third-order valence-corrected chi connectivity index (χ3v) is 7.76. The quantitative estimate of drug-likeness (QED) is 0.545. The number of nitrogens with one attached hydrogen (secondary N) is 1. The molecule has 124 valence electrons. The van der Waals surface area contributed by atoms with E-state index in [0.29, 0.717) is 17.9 Å². The summed E-state index contributed by atoms with van der Waals surface area (Å²) in [6, 6.07) is 5.60. The van der Waals surface area contributed by atoms with Gasteiger partial charge in [0.2, 0.25) is 11.8 Å². The molecule has 7 heteroatoms. The maximum atomic E-state index is 12.5. The van der Waals surface area contributed by atoms with Crippen molar-refractivity contribution in [2.24, 2.45) is 11.8 Å². The SMILES string of the molecule is Cc1ccc(NCN2C(=O)[C@H]3C[C@@H](Br)[C@@H](Br)C[C@H]3C2=O)cc1Cl. The second-order valence-corrected chi connectivity index (χ2v) is 8.88. The third kappa shape index (κ3) is 3.30. The van der Waals surface area contributed by atoms with Crippen molar-refractivity contribution in [2.75, 3.05) is 12.0 Å². The number of fused-ring (bicyclic) bond motifs is 1. The van der Waals surface area contributed by atoms with Gasteiger partial charge in [-0.15, -0.1) is 0 Å². The maximum Gasteiger partial charge on any atom is 0.234 e. The normalized spacial score (nSPS) is 30.5. The standard InChI is InChI=1S/C16H17Br2ClN2O2/c1-8-2-3-9(4-14(8)19)20-7-21-15(22)10-5-12(17)13(18)6-11(10)16(21)23/h2-4,10-13,20H,5-7H2,1H3/t10-,11+,12+,13-. The largest absolute Gasteiger partial charge is 0.367 e. The predicted molar refractivity (Wildman–Crippen MR) is 98.2 cm³/mol. The molecule has 1 saturated carbocycles. The molecule has 2 amide bonds. The number of imide groups is 1. The van der Waals surface area contributed by atoms with Crippen LogP contribution in [0.15, 0.2) is 18.2 Å². The van der Waals surface area contributed by atoms with Crippen molar-refractivity contribution in [3.63, 3.8) is 0 Å². The predicted octanol–water partition coefficient (Wildman–Crippen LogP) is 3.94. The molecular formula is C16H17Br2ClN2O2. The van der Waals surface area contributed by atoms with Gasteiger partial charge >= 0.3 is 0 Å². The molecule has 0 unspecified atom stereocenters. The summed E-state index contributed by atoms with van der Waals surface area (Å²) in [5, 5.41) is 3.78. The van der Waals surface area contributed by atoms with Crippen LogP contribution < -0.4 is 5.32 Å². The number of carbonyl (C=O) groups is 2. The number of amides is 2. The van der Waals surface area contributed by atoms with Gasteiger partial charge in [0, 0.05) is 20.4 Å². The highest BCUT2D eigenvalue weighted by atomic mass is 79.9. The van der Waals surface area contributed by atoms with Gasteiger partial charge in [-0.05, 0) is 37.5 Å². The highest BCUT2D eigenvalue weighted by molar-refractivity contribution is 9.12. The summed E-state index contributed by atoms with van der Waals surface area (Å²) in [5.74, 6) is -0.558. The third-order valence-electron chi connectivity index (χ3n) is 4.62. The molecule has 23 heavy (non-hydrogen) atoms. The van der Waals surface area contributed by atoms with E-state index in [9.17, 15) is 9.59 Å². The summed E-state index contributed by atoms with van der Waals surface area (Å²) in [6.45, 7) is 2.11. The number of aryl methyl sites for hydroxylation is 1. The molecule has 0 radical (unpaired) electrons. The van der Waals surface area contributed by atoms with E-state index in [1.54, 1.807) is 6.07 Å². The monoisotopic (exact) mass is 462 g/mol. The van der Waals surface area contributed by atoms with Crippen LogP contribution in [0, 0.1) is 18.8 Å². The molecule has 1 saturated heterocycles. The Bertz CT molecular complexity index is 627. The first-order valence-electron chi connectivity index (χ1n) is 7.52. The average molecular weight is 465 g/mol. The Morgan fingerprint density at radius 1 is 1.17 bits per heavy atom. The number of halogens is 3. The van der Waals surface area contributed by atoms with Crippen molar-refractivity contribution in [2.45, 2.75) is 29.4 Å². The molecule has 3 rings (SSSR count). The summed E-state index contributed by atoms with van der Waals surface area (Å²) < 4.78 is 0. The molecule has 1 aliphatic heterocycles. The summed E-state index contributed by atoms with van der Waals surface area (Å²) in [7, 11) is 0. The van der Waals surface area contributed by atoms with Gasteiger partial charge in [-0.2, -0.15) is 0 Å². The van der Waals surface area contributed by atoms with Gasteiger partial charge in [-0.25, -0.2) is 0 Å². The van der Waals surface area contributed by atoms with Gasteiger partial charge in [0.1, 0.15) is 0 Å². The Hall–Kier alpha value is -0.590. The fourth-order valence-electron chi connectivity index (χ4n) is 3.19. The Kier molecular flexibility index (Phi) is 5.04. The highest BCUT2D eigenvalue weighted by Gasteiger charge is 2.51. The van der Waals surface area contributed by atoms with Gasteiger partial charge < -0.3 is 5.32 Å². The van der Waals surface area contributed by atoms with E-state index in [2.05, 4.69) is 37.2 Å². The zero-order chi connectivity index (χ0) is 16.7. The van der Waals surface area contributed by atoms with Crippen LogP contribution in [0.2, 0.25) is 5.02 Å². The van der Waals surface area contributed by atoms with Crippen molar-refractivity contribution in [3.8, 4) is 0 Å². The van der Waals surface area contributed by atoms with E-state index in [4.69, 9.17) is 11.6 Å². The number of hydrogen-bond donors (Lipinski definition) is 1. The number of hydrogen-bond acceptors (Lipinski definition) is 3. The van der Waals surface area contributed by atoms with Crippen LogP contribution in [-0.4, -0.2) is 33.0 Å². The van der Waals surface area contributed by atoms with Crippen LogP contribution in [-0.2, 0) is 9.59 Å². The number of nitrogens with zero attached hydrogens (tertiary/aromatic N) is 1. The van der Waals surface area contributed by atoms with Gasteiger partial charge in [-0.3, -0.25) is 14.5 Å². The molecule has 0 bridgehead atoms. The molecule has 1 aliphatic carbocycles. The van der Waals surface area contributed by atoms with E-state index in [1.807, 2.05) is 19.1 Å². The molecule has 1 aromatic rings. The van der Waals surface area contributed by atoms with Crippen molar-refractivity contribution in [1.82, 2.24) is 4.90 Å². The lowest BCUT2D eigenvalue weighted by Gasteiger charge is -2.29. The van der Waals surface area contributed by atoms with E-state index in [-0.39, 0.29) is 40.0 Å². The Labute approximate surface area is 157 Å². The Morgan fingerprint density at radius 2 is 1.74 bits per heavy atom. The smallest absolute Gasteiger partial charge is 0.234 e.